The third-order valence-corrected chi connectivity index (χ3v) is 3.87. The van der Waals surface area contributed by atoms with Crippen LogP contribution in [0.3, 0.4) is 0 Å². The zero-order valence-electron chi connectivity index (χ0n) is 12.3. The molecule has 0 atom stereocenters. The molecule has 0 heterocycles. The van der Waals surface area contributed by atoms with Crippen LogP contribution in [0.5, 0.6) is 5.75 Å². The first-order valence-corrected chi connectivity index (χ1v) is 7.90. The summed E-state index contributed by atoms with van der Waals surface area (Å²) in [4.78, 5) is 22.7. The smallest absolute Gasteiger partial charge is 0.303 e. The van der Waals surface area contributed by atoms with Gasteiger partial charge in [-0.05, 0) is 50.3 Å². The Kier molecular flexibility index (Phi) is 6.07. The Bertz CT molecular complexity index is 541. The third-order valence-electron chi connectivity index (χ3n) is 3.64. The number of rotatable bonds is 7. The van der Waals surface area contributed by atoms with E-state index in [1.54, 1.807) is 18.2 Å². The topological polar surface area (TPSA) is 75.6 Å². The quantitative estimate of drug-likeness (QED) is 0.754. The number of carboxylic acids is 1. The summed E-state index contributed by atoms with van der Waals surface area (Å²) < 4.78 is 5.91. The molecule has 1 amide bonds. The second-order valence-corrected chi connectivity index (χ2v) is 5.85. The molecule has 1 aliphatic carbocycles. The number of ether oxygens (including phenoxy) is 1. The summed E-state index contributed by atoms with van der Waals surface area (Å²) in [5.41, 5.74) is 0.398. The van der Waals surface area contributed by atoms with Gasteiger partial charge >= 0.3 is 5.97 Å². The highest BCUT2D eigenvalue weighted by Gasteiger charge is 2.20. The lowest BCUT2D eigenvalue weighted by atomic mass is 10.1. The van der Waals surface area contributed by atoms with Crippen molar-refractivity contribution in [3.05, 3.63) is 28.8 Å². The molecule has 1 saturated carbocycles. The molecule has 6 heteroatoms. The summed E-state index contributed by atoms with van der Waals surface area (Å²) >= 11 is 5.97. The highest BCUT2D eigenvalue weighted by molar-refractivity contribution is 6.31. The number of halogens is 1. The first-order valence-electron chi connectivity index (χ1n) is 7.52. The van der Waals surface area contributed by atoms with Gasteiger partial charge in [0.25, 0.3) is 5.91 Å². The molecular formula is C16H20ClNO4. The van der Waals surface area contributed by atoms with Crippen LogP contribution in [0.4, 0.5) is 0 Å². The normalized spacial score (nSPS) is 14.8. The number of amides is 1. The van der Waals surface area contributed by atoms with Gasteiger partial charge in [0, 0.05) is 18.0 Å². The summed E-state index contributed by atoms with van der Waals surface area (Å²) in [5, 5.41) is 11.8. The SMILES string of the molecule is O=C(O)CCCNC(=O)c1cc(Cl)ccc1OC1CCCC1. The molecule has 0 aliphatic heterocycles. The summed E-state index contributed by atoms with van der Waals surface area (Å²) in [6, 6.07) is 5.00. The van der Waals surface area contributed by atoms with Crippen molar-refractivity contribution in [2.75, 3.05) is 6.54 Å². The van der Waals surface area contributed by atoms with Gasteiger partial charge in [-0.3, -0.25) is 9.59 Å². The van der Waals surface area contributed by atoms with E-state index in [9.17, 15) is 9.59 Å². The van der Waals surface area contributed by atoms with Gasteiger partial charge < -0.3 is 15.2 Å². The summed E-state index contributed by atoms with van der Waals surface area (Å²) in [7, 11) is 0. The van der Waals surface area contributed by atoms with Crippen LogP contribution >= 0.6 is 11.6 Å². The largest absolute Gasteiger partial charge is 0.490 e. The van der Waals surface area contributed by atoms with E-state index in [0.717, 1.165) is 25.7 Å². The van der Waals surface area contributed by atoms with Crippen LogP contribution in [0, 0.1) is 0 Å². The fourth-order valence-electron chi connectivity index (χ4n) is 2.50. The molecule has 1 aliphatic rings. The summed E-state index contributed by atoms with van der Waals surface area (Å²) in [5.74, 6) is -0.629. The number of carbonyl (C=O) groups is 2. The van der Waals surface area contributed by atoms with Crippen molar-refractivity contribution in [3.8, 4) is 5.75 Å². The number of benzene rings is 1. The summed E-state index contributed by atoms with van der Waals surface area (Å²) in [6.45, 7) is 0.306. The molecule has 1 fully saturated rings. The van der Waals surface area contributed by atoms with Crippen molar-refractivity contribution >= 4 is 23.5 Å². The van der Waals surface area contributed by atoms with Gasteiger partial charge in [0.15, 0.2) is 0 Å². The predicted octanol–water partition coefficient (Wildman–Crippen LogP) is 3.26. The molecular weight excluding hydrogens is 306 g/mol. The number of hydrogen-bond acceptors (Lipinski definition) is 3. The molecule has 0 saturated heterocycles. The minimum absolute atomic E-state index is 0.0290. The van der Waals surface area contributed by atoms with E-state index in [4.69, 9.17) is 21.4 Å². The highest BCUT2D eigenvalue weighted by atomic mass is 35.5. The van der Waals surface area contributed by atoms with Crippen molar-refractivity contribution in [1.82, 2.24) is 5.32 Å². The maximum absolute atomic E-state index is 12.2. The molecule has 22 heavy (non-hydrogen) atoms. The Morgan fingerprint density at radius 1 is 1.32 bits per heavy atom. The minimum atomic E-state index is -0.873. The number of hydrogen-bond donors (Lipinski definition) is 2. The molecule has 2 N–H and O–H groups in total. The molecule has 0 aromatic heterocycles. The van der Waals surface area contributed by atoms with Gasteiger partial charge in [0.05, 0.1) is 11.7 Å². The summed E-state index contributed by atoms with van der Waals surface area (Å²) in [6.07, 6.45) is 4.87. The van der Waals surface area contributed by atoms with Crippen LogP contribution < -0.4 is 10.1 Å². The van der Waals surface area contributed by atoms with Crippen LogP contribution in [-0.2, 0) is 4.79 Å². The van der Waals surface area contributed by atoms with E-state index in [1.165, 1.54) is 0 Å². The Labute approximate surface area is 134 Å². The second-order valence-electron chi connectivity index (χ2n) is 5.42. The van der Waals surface area contributed by atoms with E-state index in [2.05, 4.69) is 5.32 Å². The van der Waals surface area contributed by atoms with Crippen LogP contribution in [0.1, 0.15) is 48.9 Å². The van der Waals surface area contributed by atoms with Crippen LogP contribution in [0.2, 0.25) is 5.02 Å². The molecule has 1 aromatic carbocycles. The molecule has 2 rings (SSSR count). The van der Waals surface area contributed by atoms with Gasteiger partial charge in [0.1, 0.15) is 5.75 Å². The fraction of sp³-hybridized carbons (Fsp3) is 0.500. The Morgan fingerprint density at radius 3 is 2.73 bits per heavy atom. The molecule has 0 bridgehead atoms. The van der Waals surface area contributed by atoms with Gasteiger partial charge in [-0.25, -0.2) is 0 Å². The highest BCUT2D eigenvalue weighted by Crippen LogP contribution is 2.28. The molecule has 0 spiro atoms. The molecule has 5 nitrogen and oxygen atoms in total. The van der Waals surface area contributed by atoms with E-state index < -0.39 is 5.97 Å². The molecule has 1 aromatic rings. The fourth-order valence-corrected chi connectivity index (χ4v) is 2.68. The average Bonchev–Trinajstić information content (AvgIpc) is 2.98. The van der Waals surface area contributed by atoms with E-state index in [0.29, 0.717) is 29.3 Å². The van der Waals surface area contributed by atoms with Crippen molar-refractivity contribution in [2.45, 2.75) is 44.6 Å². The zero-order valence-corrected chi connectivity index (χ0v) is 13.1. The van der Waals surface area contributed by atoms with Crippen molar-refractivity contribution in [1.29, 1.82) is 0 Å². The van der Waals surface area contributed by atoms with Crippen LogP contribution in [-0.4, -0.2) is 29.6 Å². The van der Waals surface area contributed by atoms with E-state index in [1.807, 2.05) is 0 Å². The number of nitrogens with one attached hydrogen (secondary N) is 1. The average molecular weight is 326 g/mol. The lowest BCUT2D eigenvalue weighted by Crippen LogP contribution is -2.26. The maximum Gasteiger partial charge on any atom is 0.303 e. The third kappa shape index (κ3) is 4.91. The van der Waals surface area contributed by atoms with Gasteiger partial charge in [-0.1, -0.05) is 11.6 Å². The van der Waals surface area contributed by atoms with Crippen molar-refractivity contribution in [3.63, 3.8) is 0 Å². The van der Waals surface area contributed by atoms with Gasteiger partial charge in [-0.2, -0.15) is 0 Å². The zero-order chi connectivity index (χ0) is 15.9. The van der Waals surface area contributed by atoms with E-state index >= 15 is 0 Å². The number of carbonyl (C=O) groups excluding carboxylic acids is 1. The van der Waals surface area contributed by atoms with E-state index in [-0.39, 0.29) is 18.4 Å². The minimum Gasteiger partial charge on any atom is -0.490 e. The monoisotopic (exact) mass is 325 g/mol. The Hall–Kier alpha value is -1.75. The standard InChI is InChI=1S/C16H20ClNO4/c17-11-7-8-14(22-12-4-1-2-5-12)13(10-11)16(21)18-9-3-6-15(19)20/h7-8,10,12H,1-6,9H2,(H,18,21)(H,19,20). The second kappa shape index (κ2) is 8.03. The number of aliphatic carboxylic acids is 1. The molecule has 0 unspecified atom stereocenters. The first kappa shape index (κ1) is 16.6. The lowest BCUT2D eigenvalue weighted by Gasteiger charge is -2.16. The Balaban J connectivity index is 1.99. The van der Waals surface area contributed by atoms with Crippen molar-refractivity contribution in [2.24, 2.45) is 0 Å². The van der Waals surface area contributed by atoms with Gasteiger partial charge in [-0.15, -0.1) is 0 Å². The molecule has 120 valence electrons. The predicted molar refractivity (Wildman–Crippen MR) is 83.5 cm³/mol. The van der Waals surface area contributed by atoms with Crippen molar-refractivity contribution < 1.29 is 19.4 Å². The van der Waals surface area contributed by atoms with Crippen LogP contribution in [0.15, 0.2) is 18.2 Å². The van der Waals surface area contributed by atoms with Crippen LogP contribution in [0.25, 0.3) is 0 Å². The molecule has 0 radical (unpaired) electrons. The number of carboxylic acid groups (broad SMARTS) is 1. The van der Waals surface area contributed by atoms with Gasteiger partial charge in [0.2, 0.25) is 0 Å². The Morgan fingerprint density at radius 2 is 2.05 bits per heavy atom. The lowest BCUT2D eigenvalue weighted by molar-refractivity contribution is -0.137. The first-order chi connectivity index (χ1) is 10.6. The maximum atomic E-state index is 12.2.